The fourth-order valence-electron chi connectivity index (χ4n) is 2.52. The van der Waals surface area contributed by atoms with E-state index in [9.17, 15) is 0 Å². The average molecular weight is 369 g/mol. The summed E-state index contributed by atoms with van der Waals surface area (Å²) in [6.07, 6.45) is 13.1. The van der Waals surface area contributed by atoms with Crippen LogP contribution in [0, 0.1) is 0 Å². The molecule has 0 aromatic carbocycles. The van der Waals surface area contributed by atoms with Gasteiger partial charge in [0.25, 0.3) is 0 Å². The molecular formula is C17H11N11. The summed E-state index contributed by atoms with van der Waals surface area (Å²) in [5.74, 6) is 1.16. The van der Waals surface area contributed by atoms with E-state index >= 15 is 0 Å². The van der Waals surface area contributed by atoms with Crippen molar-refractivity contribution >= 4 is 0 Å². The molecule has 0 aliphatic heterocycles. The Balaban J connectivity index is 1.46. The van der Waals surface area contributed by atoms with Crippen LogP contribution in [0.3, 0.4) is 0 Å². The summed E-state index contributed by atoms with van der Waals surface area (Å²) in [5.41, 5.74) is 2.47. The van der Waals surface area contributed by atoms with Gasteiger partial charge in [-0.3, -0.25) is 19.9 Å². The maximum absolute atomic E-state index is 4.58. The highest BCUT2D eigenvalue weighted by molar-refractivity contribution is 5.52. The quantitative estimate of drug-likeness (QED) is 0.458. The molecule has 0 saturated carbocycles. The van der Waals surface area contributed by atoms with Crippen molar-refractivity contribution in [3.8, 4) is 34.4 Å². The van der Waals surface area contributed by atoms with Crippen LogP contribution in [0.2, 0.25) is 0 Å². The highest BCUT2D eigenvalue weighted by Crippen LogP contribution is 2.16. The largest absolute Gasteiger partial charge is 0.261 e. The lowest BCUT2D eigenvalue weighted by atomic mass is 10.3. The van der Waals surface area contributed by atoms with Gasteiger partial charge in [-0.2, -0.15) is 0 Å². The monoisotopic (exact) mass is 369 g/mol. The Kier molecular flexibility index (Phi) is 3.79. The highest BCUT2D eigenvalue weighted by Gasteiger charge is 2.10. The van der Waals surface area contributed by atoms with E-state index in [2.05, 4.69) is 45.5 Å². The lowest BCUT2D eigenvalue weighted by Gasteiger charge is -2.02. The number of pyridine rings is 1. The van der Waals surface area contributed by atoms with Crippen LogP contribution < -0.4 is 0 Å². The smallest absolute Gasteiger partial charge is 0.157 e. The van der Waals surface area contributed by atoms with Crippen LogP contribution in [-0.2, 0) is 0 Å². The molecule has 134 valence electrons. The van der Waals surface area contributed by atoms with Crippen molar-refractivity contribution in [1.82, 2.24) is 54.9 Å². The fraction of sp³-hybridized carbons (Fsp3) is 0. The molecule has 0 aliphatic carbocycles. The molecule has 28 heavy (non-hydrogen) atoms. The Morgan fingerprint density at radius 2 is 1.14 bits per heavy atom. The topological polar surface area (TPSA) is 126 Å². The summed E-state index contributed by atoms with van der Waals surface area (Å²) in [5, 5.41) is 16.5. The van der Waals surface area contributed by atoms with E-state index in [-0.39, 0.29) is 0 Å². The molecular weight excluding hydrogens is 358 g/mol. The molecule has 0 aliphatic rings. The first kappa shape index (κ1) is 15.8. The van der Waals surface area contributed by atoms with Crippen molar-refractivity contribution in [3.63, 3.8) is 0 Å². The summed E-state index contributed by atoms with van der Waals surface area (Å²) in [6.45, 7) is 0. The van der Waals surface area contributed by atoms with E-state index in [1.807, 2.05) is 18.2 Å². The normalized spacial score (nSPS) is 10.9. The molecule has 0 N–H and O–H groups in total. The van der Waals surface area contributed by atoms with E-state index in [0.29, 0.717) is 34.4 Å². The molecule has 5 aromatic heterocycles. The number of aromatic nitrogens is 11. The Labute approximate surface area is 157 Å². The average Bonchev–Trinajstić information content (AvgIpc) is 3.46. The van der Waals surface area contributed by atoms with Crippen molar-refractivity contribution in [2.24, 2.45) is 0 Å². The van der Waals surface area contributed by atoms with Gasteiger partial charge in [0, 0.05) is 24.8 Å². The van der Waals surface area contributed by atoms with Crippen LogP contribution in [0.5, 0.6) is 0 Å². The molecule has 11 heteroatoms. The van der Waals surface area contributed by atoms with Gasteiger partial charge in [0.15, 0.2) is 11.6 Å². The maximum Gasteiger partial charge on any atom is 0.157 e. The molecule has 5 aromatic rings. The minimum atomic E-state index is 0.580. The van der Waals surface area contributed by atoms with Crippen LogP contribution >= 0.6 is 0 Å². The first-order chi connectivity index (χ1) is 13.9. The van der Waals surface area contributed by atoms with Crippen molar-refractivity contribution in [3.05, 3.63) is 67.8 Å². The number of hydrogen-bond donors (Lipinski definition) is 0. The molecule has 0 radical (unpaired) electrons. The van der Waals surface area contributed by atoms with E-state index in [0.717, 1.165) is 0 Å². The van der Waals surface area contributed by atoms with Crippen molar-refractivity contribution in [2.45, 2.75) is 0 Å². The zero-order valence-electron chi connectivity index (χ0n) is 14.3. The highest BCUT2D eigenvalue weighted by atomic mass is 15.5. The Morgan fingerprint density at radius 3 is 1.61 bits per heavy atom. The summed E-state index contributed by atoms with van der Waals surface area (Å²) in [7, 11) is 0. The van der Waals surface area contributed by atoms with Crippen molar-refractivity contribution in [1.29, 1.82) is 0 Å². The second-order valence-corrected chi connectivity index (χ2v) is 5.63. The predicted molar refractivity (Wildman–Crippen MR) is 96.1 cm³/mol. The molecule has 0 spiro atoms. The molecule has 0 atom stereocenters. The number of hydrogen-bond acceptors (Lipinski definition) is 9. The zero-order chi connectivity index (χ0) is 18.8. The molecule has 0 bridgehead atoms. The molecule has 0 fully saturated rings. The zero-order valence-corrected chi connectivity index (χ0v) is 14.3. The number of rotatable bonds is 4. The van der Waals surface area contributed by atoms with Crippen LogP contribution in [0.4, 0.5) is 0 Å². The van der Waals surface area contributed by atoms with Crippen LogP contribution in [0.15, 0.2) is 67.8 Å². The predicted octanol–water partition coefficient (Wildman–Crippen LogP) is 1.16. The van der Waals surface area contributed by atoms with Gasteiger partial charge in [-0.05, 0) is 12.1 Å². The van der Waals surface area contributed by atoms with Crippen LogP contribution in [-0.4, -0.2) is 54.9 Å². The lowest BCUT2D eigenvalue weighted by Crippen LogP contribution is -2.04. The summed E-state index contributed by atoms with van der Waals surface area (Å²) >= 11 is 0. The third-order valence-corrected chi connectivity index (χ3v) is 3.83. The van der Waals surface area contributed by atoms with E-state index in [4.69, 9.17) is 0 Å². The van der Waals surface area contributed by atoms with Crippen LogP contribution in [0.25, 0.3) is 34.4 Å². The minimum Gasteiger partial charge on any atom is -0.261 e. The lowest BCUT2D eigenvalue weighted by molar-refractivity contribution is 0.749. The third-order valence-electron chi connectivity index (χ3n) is 3.83. The number of nitrogens with zero attached hydrogens (tertiary/aromatic N) is 11. The fourth-order valence-corrected chi connectivity index (χ4v) is 2.52. The van der Waals surface area contributed by atoms with Gasteiger partial charge >= 0.3 is 0 Å². The Hall–Kier alpha value is -4.41. The molecule has 5 rings (SSSR count). The Morgan fingerprint density at radius 1 is 0.607 bits per heavy atom. The molecule has 0 saturated heterocycles. The van der Waals surface area contributed by atoms with Gasteiger partial charge in [-0.1, -0.05) is 16.5 Å². The van der Waals surface area contributed by atoms with Gasteiger partial charge in [0.2, 0.25) is 0 Å². The summed E-state index contributed by atoms with van der Waals surface area (Å²) in [4.78, 5) is 21.1. The second-order valence-electron chi connectivity index (χ2n) is 5.63. The third kappa shape index (κ3) is 2.96. The van der Waals surface area contributed by atoms with E-state index in [1.165, 1.54) is 0 Å². The first-order valence-corrected chi connectivity index (χ1v) is 8.22. The van der Waals surface area contributed by atoms with E-state index in [1.54, 1.807) is 58.9 Å². The van der Waals surface area contributed by atoms with Gasteiger partial charge in [-0.15, -0.1) is 10.2 Å². The van der Waals surface area contributed by atoms with Crippen LogP contribution in [0.1, 0.15) is 0 Å². The summed E-state index contributed by atoms with van der Waals surface area (Å²) < 4.78 is 3.13. The van der Waals surface area contributed by atoms with Gasteiger partial charge in [-0.25, -0.2) is 14.3 Å². The van der Waals surface area contributed by atoms with Gasteiger partial charge in [0.1, 0.15) is 22.8 Å². The maximum atomic E-state index is 4.58. The first-order valence-electron chi connectivity index (χ1n) is 8.22. The van der Waals surface area contributed by atoms with Crippen molar-refractivity contribution in [2.75, 3.05) is 0 Å². The molecule has 5 heterocycles. The van der Waals surface area contributed by atoms with Crippen molar-refractivity contribution < 1.29 is 0 Å². The summed E-state index contributed by atoms with van der Waals surface area (Å²) in [6, 6.07) is 5.49. The van der Waals surface area contributed by atoms with Gasteiger partial charge in [0.05, 0.1) is 24.8 Å². The van der Waals surface area contributed by atoms with Gasteiger partial charge < -0.3 is 0 Å². The Bertz CT molecular complexity index is 1120. The standard InChI is InChI=1S/C17H11N11/c1-2-16(27-10-14(23-25-27)12-8-18-4-6-20-12)22-17(3-1)28-11-15(24-26-28)13-9-19-5-7-21-13/h1-11H. The molecule has 0 unspecified atom stereocenters. The minimum absolute atomic E-state index is 0.580. The SMILES string of the molecule is c1cc(-n2cc(-c3cnccn3)nn2)nc(-n2cc(-c3cnccn3)nn2)c1. The van der Waals surface area contributed by atoms with E-state index < -0.39 is 0 Å². The molecule has 0 amide bonds. The molecule has 11 nitrogen and oxygen atoms in total. The second kappa shape index (κ2) is 6.72.